The number of aryl methyl sites for hydroxylation is 1. The summed E-state index contributed by atoms with van der Waals surface area (Å²) in [5, 5.41) is 1.78. The minimum Gasteiger partial charge on any atom is -0.282 e. The Balaban J connectivity index is 1.91. The standard InChI is InChI=1S/C27H28F3NO2S/c1-6-16-11-15(12-22-23(32)31-24(33)34-22)7-8-17(16)18-13-20-21(14-19(18)27(28,29)30)26(4,5)10-9-25(20,2)3/h7-8,11-14H,6,9-10H2,1-5H3,(H,31,32,33). The highest BCUT2D eigenvalue weighted by Crippen LogP contribution is 2.50. The van der Waals surface area contributed by atoms with Gasteiger partial charge in [0.2, 0.25) is 0 Å². The lowest BCUT2D eigenvalue weighted by Gasteiger charge is -2.42. The number of amides is 2. The molecule has 2 aromatic rings. The average molecular weight is 488 g/mol. The minimum absolute atomic E-state index is 0.191. The Morgan fingerprint density at radius 1 is 0.971 bits per heavy atom. The third-order valence-electron chi connectivity index (χ3n) is 7.04. The summed E-state index contributed by atoms with van der Waals surface area (Å²) in [5.41, 5.74) is 2.72. The molecule has 0 aromatic heterocycles. The third-order valence-corrected chi connectivity index (χ3v) is 7.85. The highest BCUT2D eigenvalue weighted by Gasteiger charge is 2.42. The number of fused-ring (bicyclic) bond motifs is 1. The zero-order valence-corrected chi connectivity index (χ0v) is 20.8. The monoisotopic (exact) mass is 487 g/mol. The van der Waals surface area contributed by atoms with Crippen LogP contribution < -0.4 is 5.32 Å². The van der Waals surface area contributed by atoms with Crippen LogP contribution in [0, 0.1) is 0 Å². The number of benzene rings is 2. The molecule has 1 saturated heterocycles. The van der Waals surface area contributed by atoms with Crippen LogP contribution in [0.4, 0.5) is 18.0 Å². The molecule has 2 aliphatic rings. The van der Waals surface area contributed by atoms with Crippen molar-refractivity contribution < 1.29 is 22.8 Å². The maximum absolute atomic E-state index is 14.3. The van der Waals surface area contributed by atoms with E-state index in [9.17, 15) is 22.8 Å². The van der Waals surface area contributed by atoms with Gasteiger partial charge in [-0.25, -0.2) is 0 Å². The zero-order valence-electron chi connectivity index (χ0n) is 19.9. The Labute approximate surface area is 202 Å². The van der Waals surface area contributed by atoms with Crippen LogP contribution in [0.2, 0.25) is 0 Å². The number of rotatable bonds is 3. The highest BCUT2D eigenvalue weighted by molar-refractivity contribution is 8.18. The summed E-state index contributed by atoms with van der Waals surface area (Å²) in [5.74, 6) is -0.462. The van der Waals surface area contributed by atoms with Crippen molar-refractivity contribution in [1.29, 1.82) is 0 Å². The van der Waals surface area contributed by atoms with Gasteiger partial charge < -0.3 is 0 Å². The second kappa shape index (κ2) is 8.29. The lowest BCUT2D eigenvalue weighted by molar-refractivity contribution is -0.137. The second-order valence-corrected chi connectivity index (χ2v) is 11.3. The second-order valence-electron chi connectivity index (χ2n) is 10.3. The van der Waals surface area contributed by atoms with Gasteiger partial charge in [0, 0.05) is 0 Å². The predicted octanol–water partition coefficient (Wildman–Crippen LogP) is 7.61. The van der Waals surface area contributed by atoms with E-state index < -0.39 is 22.9 Å². The van der Waals surface area contributed by atoms with Crippen molar-refractivity contribution in [3.63, 3.8) is 0 Å². The summed E-state index contributed by atoms with van der Waals surface area (Å²) in [6.45, 7) is 10.1. The molecule has 0 saturated carbocycles. The van der Waals surface area contributed by atoms with E-state index in [2.05, 4.69) is 19.2 Å². The van der Waals surface area contributed by atoms with E-state index in [4.69, 9.17) is 0 Å². The number of alkyl halides is 3. The van der Waals surface area contributed by atoms with Gasteiger partial charge in [0.05, 0.1) is 10.5 Å². The number of carbonyl (C=O) groups excluding carboxylic acids is 2. The van der Waals surface area contributed by atoms with Crippen LogP contribution in [0.1, 0.15) is 75.3 Å². The number of hydrogen-bond acceptors (Lipinski definition) is 3. The van der Waals surface area contributed by atoms with Gasteiger partial charge in [-0.1, -0.05) is 52.8 Å². The van der Waals surface area contributed by atoms with Crippen molar-refractivity contribution in [2.24, 2.45) is 0 Å². The fraction of sp³-hybridized carbons (Fsp3) is 0.407. The first-order valence-electron chi connectivity index (χ1n) is 11.4. The Hall–Kier alpha value is -2.54. The van der Waals surface area contributed by atoms with E-state index in [1.165, 1.54) is 6.07 Å². The largest absolute Gasteiger partial charge is 0.417 e. The maximum Gasteiger partial charge on any atom is 0.417 e. The topological polar surface area (TPSA) is 46.2 Å². The number of imide groups is 1. The molecule has 2 amide bonds. The number of hydrogen-bond donors (Lipinski definition) is 1. The van der Waals surface area contributed by atoms with Gasteiger partial charge >= 0.3 is 6.18 Å². The van der Waals surface area contributed by atoms with Crippen molar-refractivity contribution in [1.82, 2.24) is 5.32 Å². The lowest BCUT2D eigenvalue weighted by Crippen LogP contribution is -2.34. The number of nitrogens with one attached hydrogen (secondary N) is 1. The molecule has 1 aliphatic heterocycles. The van der Waals surface area contributed by atoms with E-state index >= 15 is 0 Å². The molecule has 34 heavy (non-hydrogen) atoms. The van der Waals surface area contributed by atoms with Crippen molar-refractivity contribution in [2.75, 3.05) is 0 Å². The fourth-order valence-electron chi connectivity index (χ4n) is 4.90. The third kappa shape index (κ3) is 4.42. The van der Waals surface area contributed by atoms with Gasteiger partial charge in [-0.2, -0.15) is 13.2 Å². The molecule has 180 valence electrons. The summed E-state index contributed by atoms with van der Waals surface area (Å²) >= 11 is 0.816. The first-order valence-corrected chi connectivity index (χ1v) is 12.2. The van der Waals surface area contributed by atoms with Gasteiger partial charge in [0.1, 0.15) is 0 Å². The predicted molar refractivity (Wildman–Crippen MR) is 131 cm³/mol. The van der Waals surface area contributed by atoms with E-state index in [-0.39, 0.29) is 21.3 Å². The minimum atomic E-state index is -4.49. The summed E-state index contributed by atoms with van der Waals surface area (Å²) in [4.78, 5) is 23.6. The van der Waals surface area contributed by atoms with Gasteiger partial charge in [0.25, 0.3) is 11.1 Å². The van der Waals surface area contributed by atoms with E-state index in [1.54, 1.807) is 30.3 Å². The molecule has 0 radical (unpaired) electrons. The average Bonchev–Trinajstić information content (AvgIpc) is 3.06. The molecular formula is C27H28F3NO2S. The normalized spacial score (nSPS) is 20.4. The van der Waals surface area contributed by atoms with Gasteiger partial charge in [-0.3, -0.25) is 14.9 Å². The van der Waals surface area contributed by atoms with Crippen LogP contribution in [0.15, 0.2) is 35.2 Å². The molecule has 1 fully saturated rings. The Bertz CT molecular complexity index is 1230. The molecule has 0 atom stereocenters. The summed E-state index contributed by atoms with van der Waals surface area (Å²) < 4.78 is 43.0. The van der Waals surface area contributed by atoms with Crippen LogP contribution >= 0.6 is 11.8 Å². The van der Waals surface area contributed by atoms with Crippen molar-refractivity contribution >= 4 is 29.0 Å². The van der Waals surface area contributed by atoms with Crippen LogP contribution in [-0.2, 0) is 28.2 Å². The summed E-state index contributed by atoms with van der Waals surface area (Å²) in [6, 6.07) is 8.32. The molecule has 1 N–H and O–H groups in total. The zero-order chi connectivity index (χ0) is 25.1. The lowest BCUT2D eigenvalue weighted by atomic mass is 9.62. The van der Waals surface area contributed by atoms with E-state index in [1.807, 2.05) is 20.8 Å². The smallest absolute Gasteiger partial charge is 0.282 e. The summed E-state index contributed by atoms with van der Waals surface area (Å²) in [7, 11) is 0. The van der Waals surface area contributed by atoms with Gasteiger partial charge in [-0.15, -0.1) is 0 Å². The number of carbonyl (C=O) groups is 2. The molecule has 3 nitrogen and oxygen atoms in total. The molecule has 1 heterocycles. The molecular weight excluding hydrogens is 459 g/mol. The van der Waals surface area contributed by atoms with Crippen molar-refractivity contribution in [2.45, 2.75) is 70.9 Å². The number of halogens is 3. The van der Waals surface area contributed by atoms with Crippen molar-refractivity contribution in [3.05, 3.63) is 63.1 Å². The molecule has 7 heteroatoms. The van der Waals surface area contributed by atoms with Gasteiger partial charge in [-0.05, 0) is 93.4 Å². The van der Waals surface area contributed by atoms with Crippen LogP contribution in [0.25, 0.3) is 17.2 Å². The number of thioether (sulfide) groups is 1. The molecule has 4 rings (SSSR count). The molecule has 0 bridgehead atoms. The highest BCUT2D eigenvalue weighted by atomic mass is 32.2. The van der Waals surface area contributed by atoms with Crippen LogP contribution in [0.5, 0.6) is 0 Å². The summed E-state index contributed by atoms with van der Waals surface area (Å²) in [6.07, 6.45) is -0.637. The first kappa shape index (κ1) is 24.6. The first-order chi connectivity index (χ1) is 15.7. The maximum atomic E-state index is 14.3. The molecule has 1 aliphatic carbocycles. The van der Waals surface area contributed by atoms with Crippen LogP contribution in [0.3, 0.4) is 0 Å². The Morgan fingerprint density at radius 3 is 2.12 bits per heavy atom. The molecule has 0 spiro atoms. The quantitative estimate of drug-likeness (QED) is 0.453. The molecule has 0 unspecified atom stereocenters. The molecule has 2 aromatic carbocycles. The van der Waals surface area contributed by atoms with Crippen LogP contribution in [-0.4, -0.2) is 11.1 Å². The SMILES string of the molecule is CCc1cc(C=C2SC(=O)NC2=O)ccc1-c1cc2c(cc1C(F)(F)F)C(C)(C)CCC2(C)C. The van der Waals surface area contributed by atoms with E-state index in [0.29, 0.717) is 17.5 Å². The Morgan fingerprint density at radius 2 is 1.59 bits per heavy atom. The van der Waals surface area contributed by atoms with Crippen molar-refractivity contribution in [3.8, 4) is 11.1 Å². The Kier molecular flexibility index (Phi) is 6.00. The van der Waals surface area contributed by atoms with Gasteiger partial charge in [0.15, 0.2) is 0 Å². The fourth-order valence-corrected chi connectivity index (χ4v) is 5.58. The van der Waals surface area contributed by atoms with E-state index in [0.717, 1.165) is 41.3 Å².